The molecular formula is C13H19NO4S. The fourth-order valence-electron chi connectivity index (χ4n) is 2.15. The van der Waals surface area contributed by atoms with Crippen LogP contribution in [-0.4, -0.2) is 31.8 Å². The van der Waals surface area contributed by atoms with Gasteiger partial charge in [0.15, 0.2) is 0 Å². The summed E-state index contributed by atoms with van der Waals surface area (Å²) in [5, 5.41) is 9.07. The maximum Gasteiger partial charge on any atom is 0.241 e. The molecule has 0 aromatic heterocycles. The van der Waals surface area contributed by atoms with Gasteiger partial charge in [-0.05, 0) is 38.0 Å². The molecule has 1 aliphatic rings. The average molecular weight is 285 g/mol. The minimum absolute atomic E-state index is 0.164. The van der Waals surface area contributed by atoms with Crippen molar-refractivity contribution in [1.29, 1.82) is 0 Å². The summed E-state index contributed by atoms with van der Waals surface area (Å²) in [6.45, 7) is 4.08. The molecule has 106 valence electrons. The third-order valence-corrected chi connectivity index (χ3v) is 5.25. The van der Waals surface area contributed by atoms with Crippen molar-refractivity contribution in [3.05, 3.63) is 29.8 Å². The lowest BCUT2D eigenvalue weighted by molar-refractivity contribution is 0.0957. The van der Waals surface area contributed by atoms with Gasteiger partial charge in [0.25, 0.3) is 0 Å². The summed E-state index contributed by atoms with van der Waals surface area (Å²) < 4.78 is 32.9. The summed E-state index contributed by atoms with van der Waals surface area (Å²) in [5.41, 5.74) is -0.0163. The molecule has 0 aliphatic carbocycles. The monoisotopic (exact) mass is 285 g/mol. The van der Waals surface area contributed by atoms with E-state index in [0.717, 1.165) is 0 Å². The molecule has 2 unspecified atom stereocenters. The number of hydrogen-bond donors (Lipinski definition) is 2. The number of aliphatic hydroxyl groups is 1. The van der Waals surface area contributed by atoms with Crippen LogP contribution in [0.25, 0.3) is 0 Å². The Kier molecular flexibility index (Phi) is 3.96. The highest BCUT2D eigenvalue weighted by Crippen LogP contribution is 2.27. The van der Waals surface area contributed by atoms with E-state index in [1.54, 1.807) is 12.1 Å². The van der Waals surface area contributed by atoms with Crippen LogP contribution in [0.5, 0.6) is 0 Å². The Balaban J connectivity index is 2.27. The number of nitrogens with one attached hydrogen (secondary N) is 1. The van der Waals surface area contributed by atoms with Gasteiger partial charge in [-0.3, -0.25) is 0 Å². The first kappa shape index (κ1) is 14.5. The highest BCUT2D eigenvalue weighted by atomic mass is 32.2. The van der Waals surface area contributed by atoms with Crippen LogP contribution in [0.4, 0.5) is 0 Å². The van der Waals surface area contributed by atoms with Crippen LogP contribution in [0.15, 0.2) is 29.2 Å². The highest BCUT2D eigenvalue weighted by molar-refractivity contribution is 7.89. The quantitative estimate of drug-likeness (QED) is 0.866. The van der Waals surface area contributed by atoms with E-state index < -0.39 is 15.6 Å². The van der Waals surface area contributed by atoms with Crippen molar-refractivity contribution in [2.75, 3.05) is 6.61 Å². The van der Waals surface area contributed by atoms with Gasteiger partial charge in [-0.25, -0.2) is 13.1 Å². The third-order valence-electron chi connectivity index (χ3n) is 3.65. The van der Waals surface area contributed by atoms with E-state index in [4.69, 9.17) is 9.84 Å². The Bertz CT molecular complexity index is 558. The van der Waals surface area contributed by atoms with E-state index in [1.165, 1.54) is 12.1 Å². The molecule has 0 bridgehead atoms. The Morgan fingerprint density at radius 1 is 1.53 bits per heavy atom. The first-order valence-corrected chi connectivity index (χ1v) is 7.71. The normalized spacial score (nSPS) is 27.6. The lowest BCUT2D eigenvalue weighted by Gasteiger charge is -2.28. The maximum absolute atomic E-state index is 12.4. The molecule has 19 heavy (non-hydrogen) atoms. The number of rotatable bonds is 4. The second-order valence-corrected chi connectivity index (χ2v) is 6.77. The molecule has 2 N–H and O–H groups in total. The molecule has 5 nitrogen and oxygen atoms in total. The summed E-state index contributed by atoms with van der Waals surface area (Å²) in [6.07, 6.45) is 0.482. The third kappa shape index (κ3) is 2.97. The molecule has 1 aliphatic heterocycles. The summed E-state index contributed by atoms with van der Waals surface area (Å²) in [5.74, 6) is 0. The van der Waals surface area contributed by atoms with Gasteiger partial charge in [0, 0.05) is 6.61 Å². The van der Waals surface area contributed by atoms with E-state index in [0.29, 0.717) is 18.6 Å². The van der Waals surface area contributed by atoms with Gasteiger partial charge in [0.05, 0.1) is 23.1 Å². The lowest BCUT2D eigenvalue weighted by Crippen LogP contribution is -2.50. The number of hydrogen-bond acceptors (Lipinski definition) is 4. The number of sulfonamides is 1. The number of benzene rings is 1. The molecule has 1 fully saturated rings. The first-order valence-electron chi connectivity index (χ1n) is 6.23. The van der Waals surface area contributed by atoms with Crippen LogP contribution < -0.4 is 4.72 Å². The summed E-state index contributed by atoms with van der Waals surface area (Å²) >= 11 is 0. The Labute approximate surface area is 113 Å². The summed E-state index contributed by atoms with van der Waals surface area (Å²) in [6, 6.07) is 6.30. The van der Waals surface area contributed by atoms with E-state index in [1.807, 2.05) is 13.8 Å². The number of ether oxygens (including phenoxy) is 1. The molecule has 1 heterocycles. The molecule has 1 aromatic carbocycles. The van der Waals surface area contributed by atoms with Crippen molar-refractivity contribution in [3.63, 3.8) is 0 Å². The zero-order valence-corrected chi connectivity index (χ0v) is 11.9. The second-order valence-electron chi connectivity index (χ2n) is 5.09. The van der Waals surface area contributed by atoms with Gasteiger partial charge in [0.2, 0.25) is 10.0 Å². The molecule has 0 amide bonds. The van der Waals surface area contributed by atoms with Crippen LogP contribution >= 0.6 is 0 Å². The van der Waals surface area contributed by atoms with Crippen LogP contribution in [0.3, 0.4) is 0 Å². The van der Waals surface area contributed by atoms with Crippen molar-refractivity contribution in [3.8, 4) is 0 Å². The highest BCUT2D eigenvalue weighted by Gasteiger charge is 2.40. The average Bonchev–Trinajstić information content (AvgIpc) is 2.68. The standard InChI is InChI=1S/C13H19NO4S/c1-10-13(2,6-7-18-10)14-19(16,17)12-5-3-4-11(8-12)9-15/h3-5,8,10,14-15H,6-7,9H2,1-2H3. The van der Waals surface area contributed by atoms with Crippen molar-refractivity contribution >= 4 is 10.0 Å². The van der Waals surface area contributed by atoms with Gasteiger partial charge in [-0.2, -0.15) is 0 Å². The Morgan fingerprint density at radius 3 is 2.84 bits per heavy atom. The lowest BCUT2D eigenvalue weighted by atomic mass is 9.97. The smallest absolute Gasteiger partial charge is 0.241 e. The van der Waals surface area contributed by atoms with Gasteiger partial charge < -0.3 is 9.84 Å². The molecule has 6 heteroatoms. The van der Waals surface area contributed by atoms with E-state index >= 15 is 0 Å². The van der Waals surface area contributed by atoms with Crippen LogP contribution in [0, 0.1) is 0 Å². The number of aliphatic hydroxyl groups excluding tert-OH is 1. The first-order chi connectivity index (χ1) is 8.87. The zero-order chi connectivity index (χ0) is 14.1. The summed E-state index contributed by atoms with van der Waals surface area (Å²) in [7, 11) is -3.61. The van der Waals surface area contributed by atoms with Gasteiger partial charge >= 0.3 is 0 Å². The SMILES string of the molecule is CC1OCCC1(C)NS(=O)(=O)c1cccc(CO)c1. The van der Waals surface area contributed by atoms with Gasteiger partial charge in [0.1, 0.15) is 0 Å². The minimum Gasteiger partial charge on any atom is -0.392 e. The van der Waals surface area contributed by atoms with E-state index in [2.05, 4.69) is 4.72 Å². The molecule has 0 saturated carbocycles. The minimum atomic E-state index is -3.61. The van der Waals surface area contributed by atoms with Crippen LogP contribution in [0.1, 0.15) is 25.8 Å². The largest absolute Gasteiger partial charge is 0.392 e. The van der Waals surface area contributed by atoms with Crippen molar-refractivity contribution < 1.29 is 18.3 Å². The molecule has 0 spiro atoms. The predicted molar refractivity (Wildman–Crippen MR) is 71.1 cm³/mol. The maximum atomic E-state index is 12.4. The Hall–Kier alpha value is -0.950. The molecule has 1 aromatic rings. The molecule has 2 atom stereocenters. The predicted octanol–water partition coefficient (Wildman–Crippen LogP) is 1.02. The van der Waals surface area contributed by atoms with Gasteiger partial charge in [-0.15, -0.1) is 0 Å². The molecule has 1 saturated heterocycles. The fourth-order valence-corrected chi connectivity index (χ4v) is 3.71. The molecular weight excluding hydrogens is 266 g/mol. The van der Waals surface area contributed by atoms with E-state index in [-0.39, 0.29) is 17.6 Å². The van der Waals surface area contributed by atoms with Crippen LogP contribution in [-0.2, 0) is 21.4 Å². The Morgan fingerprint density at radius 2 is 2.26 bits per heavy atom. The van der Waals surface area contributed by atoms with Crippen LogP contribution in [0.2, 0.25) is 0 Å². The second kappa shape index (κ2) is 5.20. The van der Waals surface area contributed by atoms with Gasteiger partial charge in [-0.1, -0.05) is 12.1 Å². The van der Waals surface area contributed by atoms with Crippen molar-refractivity contribution in [2.45, 2.75) is 43.4 Å². The summed E-state index contributed by atoms with van der Waals surface area (Å²) in [4.78, 5) is 0.166. The topological polar surface area (TPSA) is 75.6 Å². The van der Waals surface area contributed by atoms with Crippen molar-refractivity contribution in [1.82, 2.24) is 4.72 Å². The van der Waals surface area contributed by atoms with E-state index in [9.17, 15) is 8.42 Å². The molecule has 2 rings (SSSR count). The fraction of sp³-hybridized carbons (Fsp3) is 0.538. The zero-order valence-electron chi connectivity index (χ0n) is 11.1. The van der Waals surface area contributed by atoms with Crippen molar-refractivity contribution in [2.24, 2.45) is 0 Å². The molecule has 0 radical (unpaired) electrons.